The fraction of sp³-hybridized carbons (Fsp3) is 0.500. The van der Waals surface area contributed by atoms with E-state index in [9.17, 15) is 4.57 Å². The van der Waals surface area contributed by atoms with Gasteiger partial charge in [0.2, 0.25) is 0 Å². The molecule has 0 N–H and O–H groups in total. The lowest BCUT2D eigenvalue weighted by atomic mass is 10.3. The summed E-state index contributed by atoms with van der Waals surface area (Å²) < 4.78 is 20.0. The number of hydrogen-bond donors (Lipinski definition) is 0. The van der Waals surface area contributed by atoms with Crippen molar-refractivity contribution in [1.82, 2.24) is 4.67 Å². The molecule has 0 aromatic heterocycles. The van der Waals surface area contributed by atoms with Crippen LogP contribution >= 0.6 is 29.7 Å². The van der Waals surface area contributed by atoms with E-state index in [1.165, 1.54) is 11.4 Å². The summed E-state index contributed by atoms with van der Waals surface area (Å²) >= 11 is 7.15. The van der Waals surface area contributed by atoms with E-state index in [1.807, 2.05) is 20.8 Å². The molecular weight excluding hydrogens is 289 g/mol. The van der Waals surface area contributed by atoms with Gasteiger partial charge < -0.3 is 4.52 Å². The van der Waals surface area contributed by atoms with Crippen molar-refractivity contribution in [3.63, 3.8) is 0 Å². The Labute approximate surface area is 118 Å². The third kappa shape index (κ3) is 4.85. The second-order valence-corrected chi connectivity index (χ2v) is 10.8. The summed E-state index contributed by atoms with van der Waals surface area (Å²) in [5.41, 5.74) is 0. The summed E-state index contributed by atoms with van der Waals surface area (Å²) in [7, 11) is 3.52. The first-order chi connectivity index (χ1) is 8.12. The zero-order chi connectivity index (χ0) is 14.0. The molecule has 3 nitrogen and oxygen atoms in total. The average Bonchev–Trinajstić information content (AvgIpc) is 2.18. The minimum absolute atomic E-state index is 0.147. The molecule has 102 valence electrons. The molecule has 1 atom stereocenters. The van der Waals surface area contributed by atoms with E-state index in [0.717, 1.165) is 0 Å². The van der Waals surface area contributed by atoms with Crippen molar-refractivity contribution in [2.75, 3.05) is 14.1 Å². The predicted octanol–water partition coefficient (Wildman–Crippen LogP) is 4.92. The molecule has 0 saturated heterocycles. The molecule has 1 aromatic rings. The van der Waals surface area contributed by atoms with E-state index in [2.05, 4.69) is 0 Å². The number of halogens is 1. The first-order valence-corrected chi connectivity index (χ1v) is 8.94. The Bertz CT molecular complexity index is 442. The van der Waals surface area contributed by atoms with Gasteiger partial charge in [-0.05, 0) is 49.7 Å². The number of benzene rings is 1. The summed E-state index contributed by atoms with van der Waals surface area (Å²) in [5.74, 6) is 0.563. The van der Waals surface area contributed by atoms with Crippen LogP contribution in [0, 0.1) is 0 Å². The second kappa shape index (κ2) is 5.87. The van der Waals surface area contributed by atoms with Crippen LogP contribution in [-0.2, 0) is 4.57 Å². The molecule has 0 bridgehead atoms. The van der Waals surface area contributed by atoms with Gasteiger partial charge in [0.25, 0.3) is 0 Å². The van der Waals surface area contributed by atoms with Crippen molar-refractivity contribution in [2.24, 2.45) is 0 Å². The number of nitrogens with zero attached hydrogens (tertiary/aromatic N) is 1. The summed E-state index contributed by atoms with van der Waals surface area (Å²) in [6.45, 7) is 3.10. The molecule has 0 saturated carbocycles. The average molecular weight is 308 g/mol. The molecule has 1 rings (SSSR count). The lowest BCUT2D eigenvalue weighted by Crippen LogP contribution is -2.16. The molecule has 0 amide bonds. The van der Waals surface area contributed by atoms with Crippen LogP contribution in [-0.4, -0.2) is 23.5 Å². The second-order valence-electron chi connectivity index (χ2n) is 5.06. The highest BCUT2D eigenvalue weighted by molar-refractivity contribution is 8.56. The van der Waals surface area contributed by atoms with Crippen LogP contribution in [0.3, 0.4) is 0 Å². The van der Waals surface area contributed by atoms with Crippen molar-refractivity contribution >= 4 is 29.7 Å². The van der Waals surface area contributed by atoms with Crippen LogP contribution < -0.4 is 4.52 Å². The van der Waals surface area contributed by atoms with Crippen molar-refractivity contribution in [3.8, 4) is 5.75 Å². The van der Waals surface area contributed by atoms with Crippen molar-refractivity contribution in [1.29, 1.82) is 0 Å². The normalized spacial score (nSPS) is 15.5. The standard InChI is InChI=1S/C12H19ClNO2PS/c1-12(2,3)18-17(15,14(4)5)16-11-8-6-10(13)7-9-11/h6-9H,1-5H3. The largest absolute Gasteiger partial charge is 0.425 e. The zero-order valence-corrected chi connectivity index (χ0v) is 13.8. The Hall–Kier alpha value is -0.150. The van der Waals surface area contributed by atoms with Gasteiger partial charge in [0.15, 0.2) is 0 Å². The Morgan fingerprint density at radius 3 is 2.11 bits per heavy atom. The summed E-state index contributed by atoms with van der Waals surface area (Å²) in [6.07, 6.45) is 0. The molecule has 1 aromatic carbocycles. The lowest BCUT2D eigenvalue weighted by molar-refractivity contribution is 0.436. The first kappa shape index (κ1) is 15.9. The highest BCUT2D eigenvalue weighted by Crippen LogP contribution is 2.64. The quantitative estimate of drug-likeness (QED) is 0.738. The Kier molecular flexibility index (Phi) is 5.19. The Morgan fingerprint density at radius 2 is 1.72 bits per heavy atom. The summed E-state index contributed by atoms with van der Waals surface area (Å²) in [5, 5.41) is 0.630. The highest BCUT2D eigenvalue weighted by atomic mass is 35.5. The molecule has 18 heavy (non-hydrogen) atoms. The van der Waals surface area contributed by atoms with Crippen LogP contribution in [0.1, 0.15) is 20.8 Å². The van der Waals surface area contributed by atoms with E-state index in [4.69, 9.17) is 16.1 Å². The van der Waals surface area contributed by atoms with E-state index >= 15 is 0 Å². The van der Waals surface area contributed by atoms with E-state index in [0.29, 0.717) is 10.8 Å². The third-order valence-electron chi connectivity index (χ3n) is 1.91. The SMILES string of the molecule is CN(C)P(=O)(Oc1ccc(Cl)cc1)SC(C)(C)C. The number of hydrogen-bond acceptors (Lipinski definition) is 3. The molecule has 0 spiro atoms. The smallest absolute Gasteiger partial charge is 0.376 e. The van der Waals surface area contributed by atoms with Gasteiger partial charge in [-0.3, -0.25) is 0 Å². The zero-order valence-electron chi connectivity index (χ0n) is 11.3. The van der Waals surface area contributed by atoms with Gasteiger partial charge in [-0.25, -0.2) is 9.24 Å². The molecule has 0 heterocycles. The van der Waals surface area contributed by atoms with Gasteiger partial charge in [0.05, 0.1) is 0 Å². The van der Waals surface area contributed by atoms with Gasteiger partial charge in [0.1, 0.15) is 5.75 Å². The van der Waals surface area contributed by atoms with Gasteiger partial charge in [-0.2, -0.15) is 0 Å². The number of rotatable bonds is 4. The van der Waals surface area contributed by atoms with E-state index in [-0.39, 0.29) is 4.75 Å². The molecule has 0 fully saturated rings. The molecule has 0 radical (unpaired) electrons. The van der Waals surface area contributed by atoms with Crippen LogP contribution in [0.25, 0.3) is 0 Å². The maximum absolute atomic E-state index is 12.8. The third-order valence-corrected chi connectivity index (χ3v) is 7.90. The van der Waals surface area contributed by atoms with E-state index < -0.39 is 6.72 Å². The summed E-state index contributed by atoms with van der Waals surface area (Å²) in [4.78, 5) is 0. The van der Waals surface area contributed by atoms with Crippen molar-refractivity contribution in [2.45, 2.75) is 25.5 Å². The molecule has 1 unspecified atom stereocenters. The Morgan fingerprint density at radius 1 is 1.22 bits per heavy atom. The molecule has 0 aliphatic carbocycles. The summed E-state index contributed by atoms with van der Waals surface area (Å²) in [6, 6.07) is 6.89. The topological polar surface area (TPSA) is 29.5 Å². The van der Waals surface area contributed by atoms with Gasteiger partial charge in [0, 0.05) is 9.77 Å². The monoisotopic (exact) mass is 307 g/mol. The van der Waals surface area contributed by atoms with E-state index in [1.54, 1.807) is 43.0 Å². The molecular formula is C12H19ClNO2PS. The molecule has 0 aliphatic heterocycles. The molecule has 6 heteroatoms. The van der Waals surface area contributed by atoms with Gasteiger partial charge in [-0.1, -0.05) is 32.4 Å². The van der Waals surface area contributed by atoms with Crippen LogP contribution in [0.15, 0.2) is 24.3 Å². The van der Waals surface area contributed by atoms with Crippen molar-refractivity contribution < 1.29 is 9.09 Å². The highest BCUT2D eigenvalue weighted by Gasteiger charge is 2.34. The minimum atomic E-state index is -2.94. The van der Waals surface area contributed by atoms with Crippen LogP contribution in [0.2, 0.25) is 5.02 Å². The Balaban J connectivity index is 2.93. The fourth-order valence-corrected chi connectivity index (χ4v) is 5.66. The maximum Gasteiger partial charge on any atom is 0.376 e. The van der Waals surface area contributed by atoms with Gasteiger partial charge in [-0.15, -0.1) is 0 Å². The van der Waals surface area contributed by atoms with Crippen LogP contribution in [0.4, 0.5) is 0 Å². The maximum atomic E-state index is 12.8. The first-order valence-electron chi connectivity index (χ1n) is 5.56. The molecule has 0 aliphatic rings. The van der Waals surface area contributed by atoms with Gasteiger partial charge >= 0.3 is 6.72 Å². The lowest BCUT2D eigenvalue weighted by Gasteiger charge is -2.29. The predicted molar refractivity (Wildman–Crippen MR) is 80.7 cm³/mol. The van der Waals surface area contributed by atoms with Crippen LogP contribution in [0.5, 0.6) is 5.75 Å². The minimum Gasteiger partial charge on any atom is -0.425 e. The fourth-order valence-electron chi connectivity index (χ4n) is 1.16. The van der Waals surface area contributed by atoms with Crippen molar-refractivity contribution in [3.05, 3.63) is 29.3 Å².